The summed E-state index contributed by atoms with van der Waals surface area (Å²) < 4.78 is 1.87. The number of amides is 2. The average molecular weight is 388 g/mol. The van der Waals surface area contributed by atoms with Gasteiger partial charge in [0.05, 0.1) is 11.4 Å². The molecule has 1 heterocycles. The molecule has 0 saturated carbocycles. The molecule has 0 saturated heterocycles. The van der Waals surface area contributed by atoms with E-state index in [-0.39, 0.29) is 17.5 Å². The van der Waals surface area contributed by atoms with E-state index in [1.807, 2.05) is 79.2 Å². The lowest BCUT2D eigenvalue weighted by Gasteiger charge is -2.10. The highest BCUT2D eigenvalue weighted by atomic mass is 16.2. The SMILES string of the molecule is CC(=O)N/C(=C\c1ccccc1)C(=O)NCc1c(C)nn(-c2ccccc2)c1C. The number of aromatic nitrogens is 2. The molecule has 29 heavy (non-hydrogen) atoms. The molecule has 2 aromatic carbocycles. The Morgan fingerprint density at radius 1 is 1.00 bits per heavy atom. The third kappa shape index (κ3) is 4.99. The molecule has 2 amide bonds. The fraction of sp³-hybridized carbons (Fsp3) is 0.174. The van der Waals surface area contributed by atoms with Gasteiger partial charge in [-0.1, -0.05) is 48.5 Å². The van der Waals surface area contributed by atoms with Gasteiger partial charge in [0.2, 0.25) is 5.91 Å². The van der Waals surface area contributed by atoms with Gasteiger partial charge in [0.25, 0.3) is 5.91 Å². The molecule has 0 radical (unpaired) electrons. The van der Waals surface area contributed by atoms with Crippen molar-refractivity contribution in [3.63, 3.8) is 0 Å². The second-order valence-electron chi connectivity index (χ2n) is 6.73. The normalized spacial score (nSPS) is 11.2. The molecule has 0 fully saturated rings. The zero-order chi connectivity index (χ0) is 20.8. The topological polar surface area (TPSA) is 76.0 Å². The van der Waals surface area contributed by atoms with Crippen LogP contribution in [0.1, 0.15) is 29.4 Å². The van der Waals surface area contributed by atoms with Crippen LogP contribution in [0.3, 0.4) is 0 Å². The number of rotatable bonds is 6. The summed E-state index contributed by atoms with van der Waals surface area (Å²) in [6.45, 7) is 5.59. The van der Waals surface area contributed by atoms with Crippen LogP contribution < -0.4 is 10.6 Å². The van der Waals surface area contributed by atoms with Gasteiger partial charge in [-0.2, -0.15) is 5.10 Å². The lowest BCUT2D eigenvalue weighted by atomic mass is 10.1. The van der Waals surface area contributed by atoms with Gasteiger partial charge in [-0.3, -0.25) is 9.59 Å². The molecule has 6 nitrogen and oxygen atoms in total. The Labute approximate surface area is 170 Å². The van der Waals surface area contributed by atoms with Gasteiger partial charge >= 0.3 is 0 Å². The summed E-state index contributed by atoms with van der Waals surface area (Å²) >= 11 is 0. The Morgan fingerprint density at radius 2 is 1.62 bits per heavy atom. The van der Waals surface area contributed by atoms with Gasteiger partial charge in [-0.25, -0.2) is 4.68 Å². The fourth-order valence-corrected chi connectivity index (χ4v) is 3.08. The molecule has 0 aliphatic carbocycles. The maximum atomic E-state index is 12.7. The van der Waals surface area contributed by atoms with Crippen LogP contribution in [0.4, 0.5) is 0 Å². The summed E-state index contributed by atoms with van der Waals surface area (Å²) in [4.78, 5) is 24.3. The molecule has 0 atom stereocenters. The van der Waals surface area contributed by atoms with Gasteiger partial charge in [-0.15, -0.1) is 0 Å². The summed E-state index contributed by atoms with van der Waals surface area (Å²) in [5.74, 6) is -0.651. The van der Waals surface area contributed by atoms with Crippen LogP contribution in [0.25, 0.3) is 11.8 Å². The molecule has 3 aromatic rings. The lowest BCUT2D eigenvalue weighted by Crippen LogP contribution is -2.33. The van der Waals surface area contributed by atoms with Crippen molar-refractivity contribution in [1.29, 1.82) is 0 Å². The van der Waals surface area contributed by atoms with E-state index in [0.717, 1.165) is 28.2 Å². The van der Waals surface area contributed by atoms with Crippen molar-refractivity contribution in [2.24, 2.45) is 0 Å². The number of nitrogens with one attached hydrogen (secondary N) is 2. The molecule has 0 bridgehead atoms. The van der Waals surface area contributed by atoms with E-state index in [2.05, 4.69) is 15.7 Å². The highest BCUT2D eigenvalue weighted by Gasteiger charge is 2.16. The van der Waals surface area contributed by atoms with E-state index < -0.39 is 0 Å². The number of benzene rings is 2. The number of aryl methyl sites for hydroxylation is 1. The summed E-state index contributed by atoms with van der Waals surface area (Å²) in [6, 6.07) is 19.2. The van der Waals surface area contributed by atoms with Crippen LogP contribution in [0.2, 0.25) is 0 Å². The van der Waals surface area contributed by atoms with Crippen LogP contribution >= 0.6 is 0 Å². The van der Waals surface area contributed by atoms with E-state index in [1.165, 1.54) is 6.92 Å². The maximum absolute atomic E-state index is 12.7. The first-order chi connectivity index (χ1) is 14.0. The van der Waals surface area contributed by atoms with E-state index in [0.29, 0.717) is 6.54 Å². The largest absolute Gasteiger partial charge is 0.347 e. The Hall–Kier alpha value is -3.67. The minimum Gasteiger partial charge on any atom is -0.347 e. The predicted octanol–water partition coefficient (Wildman–Crippen LogP) is 3.28. The number of hydrogen-bond acceptors (Lipinski definition) is 3. The van der Waals surface area contributed by atoms with Crippen LogP contribution in [0.5, 0.6) is 0 Å². The van der Waals surface area contributed by atoms with Crippen LogP contribution in [0, 0.1) is 13.8 Å². The molecule has 2 N–H and O–H groups in total. The number of hydrogen-bond donors (Lipinski definition) is 2. The zero-order valence-electron chi connectivity index (χ0n) is 16.8. The predicted molar refractivity (Wildman–Crippen MR) is 113 cm³/mol. The van der Waals surface area contributed by atoms with Crippen LogP contribution in [-0.4, -0.2) is 21.6 Å². The summed E-state index contributed by atoms with van der Waals surface area (Å²) in [5, 5.41) is 10.1. The second-order valence-corrected chi connectivity index (χ2v) is 6.73. The first-order valence-electron chi connectivity index (χ1n) is 9.38. The monoisotopic (exact) mass is 388 g/mol. The van der Waals surface area contributed by atoms with Gasteiger partial charge in [0, 0.05) is 24.7 Å². The minimum absolute atomic E-state index is 0.203. The van der Waals surface area contributed by atoms with Crippen molar-refractivity contribution >= 4 is 17.9 Å². The van der Waals surface area contributed by atoms with Crippen LogP contribution in [-0.2, 0) is 16.1 Å². The summed E-state index contributed by atoms with van der Waals surface area (Å²) in [5.41, 5.74) is 4.75. The molecule has 0 spiro atoms. The van der Waals surface area contributed by atoms with Crippen molar-refractivity contribution < 1.29 is 9.59 Å². The van der Waals surface area contributed by atoms with Gasteiger partial charge in [-0.05, 0) is 37.6 Å². The van der Waals surface area contributed by atoms with Crippen molar-refractivity contribution in [1.82, 2.24) is 20.4 Å². The lowest BCUT2D eigenvalue weighted by molar-refractivity contribution is -0.122. The highest BCUT2D eigenvalue weighted by molar-refractivity contribution is 6.00. The van der Waals surface area contributed by atoms with Crippen LogP contribution in [0.15, 0.2) is 66.4 Å². The van der Waals surface area contributed by atoms with Gasteiger partial charge in [0.1, 0.15) is 5.70 Å². The van der Waals surface area contributed by atoms with Crippen molar-refractivity contribution in [2.75, 3.05) is 0 Å². The van der Waals surface area contributed by atoms with E-state index in [9.17, 15) is 9.59 Å². The van der Waals surface area contributed by atoms with Crippen molar-refractivity contribution in [2.45, 2.75) is 27.3 Å². The molecule has 0 unspecified atom stereocenters. The molecule has 6 heteroatoms. The van der Waals surface area contributed by atoms with E-state index in [1.54, 1.807) is 6.08 Å². The molecule has 1 aromatic heterocycles. The number of para-hydroxylation sites is 1. The second kappa shape index (κ2) is 9.01. The van der Waals surface area contributed by atoms with E-state index in [4.69, 9.17) is 0 Å². The average Bonchev–Trinajstić information content (AvgIpc) is 3.00. The fourth-order valence-electron chi connectivity index (χ4n) is 3.08. The van der Waals surface area contributed by atoms with Crippen molar-refractivity contribution in [3.8, 4) is 5.69 Å². The molecule has 3 rings (SSSR count). The first kappa shape index (κ1) is 20.1. The smallest absolute Gasteiger partial charge is 0.268 e. The molecular formula is C23H24N4O2. The molecular weight excluding hydrogens is 364 g/mol. The Kier molecular flexibility index (Phi) is 6.24. The van der Waals surface area contributed by atoms with Crippen molar-refractivity contribution in [3.05, 3.63) is 88.9 Å². The number of nitrogens with zero attached hydrogens (tertiary/aromatic N) is 2. The molecule has 0 aliphatic heterocycles. The summed E-state index contributed by atoms with van der Waals surface area (Å²) in [7, 11) is 0. The zero-order valence-corrected chi connectivity index (χ0v) is 16.8. The van der Waals surface area contributed by atoms with E-state index >= 15 is 0 Å². The quantitative estimate of drug-likeness (QED) is 0.636. The first-order valence-corrected chi connectivity index (χ1v) is 9.38. The maximum Gasteiger partial charge on any atom is 0.268 e. The van der Waals surface area contributed by atoms with Gasteiger partial charge < -0.3 is 10.6 Å². The number of carbonyl (C=O) groups is 2. The molecule has 0 aliphatic rings. The number of carbonyl (C=O) groups excluding carboxylic acids is 2. The Morgan fingerprint density at radius 3 is 2.24 bits per heavy atom. The molecule has 148 valence electrons. The third-order valence-corrected chi connectivity index (χ3v) is 4.53. The minimum atomic E-state index is -0.352. The highest BCUT2D eigenvalue weighted by Crippen LogP contribution is 2.17. The Bertz CT molecular complexity index is 1040. The standard InChI is InChI=1S/C23H24N4O2/c1-16-21(17(2)27(26-16)20-12-8-5-9-13-20)15-24-23(29)22(25-18(3)28)14-19-10-6-4-7-11-19/h4-14H,15H2,1-3H3,(H,24,29)(H,25,28)/b22-14-. The third-order valence-electron chi connectivity index (χ3n) is 4.53. The summed E-state index contributed by atoms with van der Waals surface area (Å²) in [6.07, 6.45) is 1.66. The van der Waals surface area contributed by atoms with Gasteiger partial charge in [0.15, 0.2) is 0 Å². The Balaban J connectivity index is 1.79.